The minimum Gasteiger partial charge on any atom is -0.493 e. The van der Waals surface area contributed by atoms with Crippen LogP contribution in [0.15, 0.2) is 53.6 Å². The molecule has 6 heteroatoms. The quantitative estimate of drug-likeness (QED) is 0.482. The average Bonchev–Trinajstić information content (AvgIpc) is 2.60. The number of carbonyl (C=O) groups is 2. The highest BCUT2D eigenvalue weighted by Gasteiger charge is 2.12. The molecule has 0 saturated heterocycles. The normalized spacial score (nSPS) is 10.5. The molecule has 130 valence electrons. The van der Waals surface area contributed by atoms with Crippen LogP contribution in [-0.4, -0.2) is 24.6 Å². The maximum Gasteiger partial charge on any atom is 0.329 e. The third kappa shape index (κ3) is 5.76. The largest absolute Gasteiger partial charge is 0.493 e. The molecule has 0 unspecified atom stereocenters. The van der Waals surface area contributed by atoms with E-state index in [2.05, 4.69) is 15.8 Å². The number of para-hydroxylation sites is 1. The summed E-state index contributed by atoms with van der Waals surface area (Å²) in [5, 5.41) is 6.35. The monoisotopic (exact) mass is 339 g/mol. The molecule has 0 aliphatic rings. The van der Waals surface area contributed by atoms with Crippen LogP contribution in [-0.2, 0) is 9.59 Å². The number of nitrogens with one attached hydrogen (secondary N) is 2. The number of aryl methyl sites for hydroxylation is 1. The lowest BCUT2D eigenvalue weighted by Gasteiger charge is -2.07. The summed E-state index contributed by atoms with van der Waals surface area (Å²) in [4.78, 5) is 23.7. The number of rotatable bonds is 6. The summed E-state index contributed by atoms with van der Waals surface area (Å²) in [5.41, 5.74) is 4.47. The SMILES string of the molecule is CCCOc1ccccc1/C=N\NC(=O)C(=O)Nc1cccc(C)c1. The fourth-order valence-corrected chi connectivity index (χ4v) is 2.05. The van der Waals surface area contributed by atoms with Gasteiger partial charge in [0.25, 0.3) is 0 Å². The lowest BCUT2D eigenvalue weighted by atomic mass is 10.2. The molecule has 2 aromatic carbocycles. The Morgan fingerprint density at radius 2 is 1.92 bits per heavy atom. The molecule has 0 aliphatic heterocycles. The van der Waals surface area contributed by atoms with Crippen molar-refractivity contribution in [2.45, 2.75) is 20.3 Å². The summed E-state index contributed by atoms with van der Waals surface area (Å²) in [6.45, 7) is 4.51. The van der Waals surface area contributed by atoms with E-state index in [4.69, 9.17) is 4.74 Å². The van der Waals surface area contributed by atoms with Gasteiger partial charge in [0, 0.05) is 11.3 Å². The number of amides is 2. The fraction of sp³-hybridized carbons (Fsp3) is 0.211. The van der Waals surface area contributed by atoms with Gasteiger partial charge < -0.3 is 10.1 Å². The summed E-state index contributed by atoms with van der Waals surface area (Å²) in [6, 6.07) is 14.5. The maximum absolute atomic E-state index is 11.9. The molecular weight excluding hydrogens is 318 g/mol. The molecular formula is C19H21N3O3. The van der Waals surface area contributed by atoms with E-state index in [0.29, 0.717) is 18.0 Å². The van der Waals surface area contributed by atoms with Crippen LogP contribution in [0.4, 0.5) is 5.69 Å². The zero-order chi connectivity index (χ0) is 18.1. The lowest BCUT2D eigenvalue weighted by Crippen LogP contribution is -2.32. The molecule has 0 saturated carbocycles. The number of nitrogens with zero attached hydrogens (tertiary/aromatic N) is 1. The van der Waals surface area contributed by atoms with Crippen LogP contribution in [0.3, 0.4) is 0 Å². The molecule has 0 spiro atoms. The van der Waals surface area contributed by atoms with Crippen molar-refractivity contribution in [2.75, 3.05) is 11.9 Å². The minimum atomic E-state index is -0.843. The Morgan fingerprint density at radius 3 is 2.68 bits per heavy atom. The second-order valence-electron chi connectivity index (χ2n) is 5.41. The molecule has 2 rings (SSSR count). The van der Waals surface area contributed by atoms with Crippen molar-refractivity contribution < 1.29 is 14.3 Å². The third-order valence-corrected chi connectivity index (χ3v) is 3.23. The van der Waals surface area contributed by atoms with E-state index < -0.39 is 11.8 Å². The van der Waals surface area contributed by atoms with E-state index in [0.717, 1.165) is 17.5 Å². The highest BCUT2D eigenvalue weighted by atomic mass is 16.5. The molecule has 25 heavy (non-hydrogen) atoms. The Labute approximate surface area is 146 Å². The van der Waals surface area contributed by atoms with Crippen molar-refractivity contribution >= 4 is 23.7 Å². The lowest BCUT2D eigenvalue weighted by molar-refractivity contribution is -0.136. The molecule has 0 radical (unpaired) electrons. The molecule has 0 heterocycles. The zero-order valence-corrected chi connectivity index (χ0v) is 14.3. The van der Waals surface area contributed by atoms with Gasteiger partial charge in [0.1, 0.15) is 5.75 Å². The zero-order valence-electron chi connectivity index (χ0n) is 14.3. The molecule has 6 nitrogen and oxygen atoms in total. The van der Waals surface area contributed by atoms with Gasteiger partial charge in [0.05, 0.1) is 12.8 Å². The summed E-state index contributed by atoms with van der Waals surface area (Å²) in [6.07, 6.45) is 2.34. The molecule has 0 fully saturated rings. The van der Waals surface area contributed by atoms with Crippen molar-refractivity contribution in [3.63, 3.8) is 0 Å². The standard InChI is InChI=1S/C19H21N3O3/c1-3-11-25-17-10-5-4-8-15(17)13-20-22-19(24)18(23)21-16-9-6-7-14(2)12-16/h4-10,12-13H,3,11H2,1-2H3,(H,21,23)(H,22,24)/b20-13-. The van der Waals surface area contributed by atoms with E-state index in [9.17, 15) is 9.59 Å². The first-order chi connectivity index (χ1) is 12.1. The Morgan fingerprint density at radius 1 is 1.12 bits per heavy atom. The first-order valence-electron chi connectivity index (χ1n) is 8.03. The molecule has 2 N–H and O–H groups in total. The number of hydrogen-bond acceptors (Lipinski definition) is 4. The fourth-order valence-electron chi connectivity index (χ4n) is 2.05. The smallest absolute Gasteiger partial charge is 0.329 e. The summed E-state index contributed by atoms with van der Waals surface area (Å²) >= 11 is 0. The van der Waals surface area contributed by atoms with Crippen LogP contribution in [0.2, 0.25) is 0 Å². The van der Waals surface area contributed by atoms with Gasteiger partial charge in [-0.3, -0.25) is 9.59 Å². The van der Waals surface area contributed by atoms with Crippen molar-refractivity contribution in [3.8, 4) is 5.75 Å². The molecule has 2 aromatic rings. The predicted octanol–water partition coefficient (Wildman–Crippen LogP) is 2.87. The molecule has 0 atom stereocenters. The van der Waals surface area contributed by atoms with Crippen LogP contribution in [0.1, 0.15) is 24.5 Å². The van der Waals surface area contributed by atoms with Crippen LogP contribution in [0.25, 0.3) is 0 Å². The number of anilines is 1. The first-order valence-corrected chi connectivity index (χ1v) is 8.03. The Kier molecular flexibility index (Phi) is 6.71. The van der Waals surface area contributed by atoms with Crippen molar-refractivity contribution in [1.29, 1.82) is 0 Å². The maximum atomic E-state index is 11.9. The average molecular weight is 339 g/mol. The predicted molar refractivity (Wildman–Crippen MR) is 97.8 cm³/mol. The van der Waals surface area contributed by atoms with Gasteiger partial charge in [-0.1, -0.05) is 31.2 Å². The van der Waals surface area contributed by atoms with Gasteiger partial charge in [0.15, 0.2) is 0 Å². The number of benzene rings is 2. The summed E-state index contributed by atoms with van der Waals surface area (Å²) < 4.78 is 5.60. The van der Waals surface area contributed by atoms with Crippen LogP contribution in [0, 0.1) is 6.92 Å². The number of ether oxygens (including phenoxy) is 1. The van der Waals surface area contributed by atoms with E-state index in [-0.39, 0.29) is 0 Å². The highest BCUT2D eigenvalue weighted by Crippen LogP contribution is 2.15. The third-order valence-electron chi connectivity index (χ3n) is 3.23. The van der Waals surface area contributed by atoms with Crippen LogP contribution < -0.4 is 15.5 Å². The molecule has 0 aromatic heterocycles. The summed E-state index contributed by atoms with van der Waals surface area (Å²) in [5.74, 6) is -0.949. The topological polar surface area (TPSA) is 79.8 Å². The van der Waals surface area contributed by atoms with E-state index in [1.165, 1.54) is 6.21 Å². The number of hydrogen-bond donors (Lipinski definition) is 2. The molecule has 2 amide bonds. The minimum absolute atomic E-state index is 0.558. The van der Waals surface area contributed by atoms with Crippen molar-refractivity contribution in [3.05, 3.63) is 59.7 Å². The van der Waals surface area contributed by atoms with Crippen LogP contribution >= 0.6 is 0 Å². The molecule has 0 bridgehead atoms. The second-order valence-corrected chi connectivity index (χ2v) is 5.41. The highest BCUT2D eigenvalue weighted by molar-refractivity contribution is 6.39. The van der Waals surface area contributed by atoms with Gasteiger partial charge in [0.2, 0.25) is 0 Å². The van der Waals surface area contributed by atoms with Crippen molar-refractivity contribution in [1.82, 2.24) is 5.43 Å². The van der Waals surface area contributed by atoms with Gasteiger partial charge >= 0.3 is 11.8 Å². The van der Waals surface area contributed by atoms with E-state index >= 15 is 0 Å². The van der Waals surface area contributed by atoms with E-state index in [1.807, 2.05) is 44.2 Å². The van der Waals surface area contributed by atoms with Gasteiger partial charge in [-0.2, -0.15) is 5.10 Å². The molecule has 0 aliphatic carbocycles. The number of carbonyl (C=O) groups excluding carboxylic acids is 2. The van der Waals surface area contributed by atoms with Gasteiger partial charge in [-0.05, 0) is 43.2 Å². The second kappa shape index (κ2) is 9.22. The first kappa shape index (κ1) is 18.2. The Hall–Kier alpha value is -3.15. The van der Waals surface area contributed by atoms with Gasteiger partial charge in [-0.15, -0.1) is 0 Å². The van der Waals surface area contributed by atoms with E-state index in [1.54, 1.807) is 18.2 Å². The van der Waals surface area contributed by atoms with Gasteiger partial charge in [-0.25, -0.2) is 5.43 Å². The Bertz CT molecular complexity index is 772. The van der Waals surface area contributed by atoms with Crippen LogP contribution in [0.5, 0.6) is 5.75 Å². The van der Waals surface area contributed by atoms with Crippen molar-refractivity contribution in [2.24, 2.45) is 5.10 Å². The Balaban J connectivity index is 1.93. The summed E-state index contributed by atoms with van der Waals surface area (Å²) in [7, 11) is 0. The number of hydrazone groups is 1.